The molecule has 1 aromatic heterocycles. The number of carbonyl (C=O) groups excluding carboxylic acids is 1. The highest BCUT2D eigenvalue weighted by Gasteiger charge is 2.17. The molecule has 0 saturated heterocycles. The maximum absolute atomic E-state index is 10.8. The number of hydrogen-bond acceptors (Lipinski definition) is 5. The van der Waals surface area contributed by atoms with Crippen LogP contribution in [0, 0.1) is 0 Å². The molecule has 1 heterocycles. The Balaban J connectivity index is 2.07. The van der Waals surface area contributed by atoms with Crippen molar-refractivity contribution >= 4 is 33.6 Å². The number of ether oxygens (including phenoxy) is 1. The van der Waals surface area contributed by atoms with E-state index in [1.54, 1.807) is 4.57 Å². The molecule has 2 rings (SSSR count). The number of benzene rings is 1. The van der Waals surface area contributed by atoms with Crippen molar-refractivity contribution in [3.05, 3.63) is 34.6 Å². The summed E-state index contributed by atoms with van der Waals surface area (Å²) in [4.78, 5) is 10.8. The van der Waals surface area contributed by atoms with Crippen LogP contribution in [-0.2, 0) is 11.8 Å². The van der Waals surface area contributed by atoms with Gasteiger partial charge in [0.15, 0.2) is 17.1 Å². The van der Waals surface area contributed by atoms with Crippen molar-refractivity contribution in [3.8, 4) is 5.75 Å². The number of thioether (sulfide) groups is 1. The SMILES string of the molecule is CC(Oc1ccc(Br)cc1)c1nnc(SCC(N)=O)n1C. The molecular formula is C13H15BrN4O2S. The highest BCUT2D eigenvalue weighted by molar-refractivity contribution is 9.10. The molecule has 112 valence electrons. The highest BCUT2D eigenvalue weighted by Crippen LogP contribution is 2.24. The Morgan fingerprint density at radius 2 is 2.10 bits per heavy atom. The first kappa shape index (κ1) is 15.8. The maximum Gasteiger partial charge on any atom is 0.227 e. The van der Waals surface area contributed by atoms with Gasteiger partial charge in [-0.05, 0) is 31.2 Å². The molecule has 0 aliphatic carbocycles. The van der Waals surface area contributed by atoms with Crippen LogP contribution in [0.1, 0.15) is 18.9 Å². The van der Waals surface area contributed by atoms with E-state index in [0.29, 0.717) is 11.0 Å². The fourth-order valence-corrected chi connectivity index (χ4v) is 2.63. The summed E-state index contributed by atoms with van der Waals surface area (Å²) in [6.07, 6.45) is -0.258. The molecule has 1 unspecified atom stereocenters. The van der Waals surface area contributed by atoms with Crippen LogP contribution >= 0.6 is 27.7 Å². The van der Waals surface area contributed by atoms with Crippen LogP contribution in [0.25, 0.3) is 0 Å². The summed E-state index contributed by atoms with van der Waals surface area (Å²) in [5.74, 6) is 1.22. The van der Waals surface area contributed by atoms with Crippen molar-refractivity contribution < 1.29 is 9.53 Å². The number of rotatable bonds is 6. The molecule has 1 atom stereocenters. The lowest BCUT2D eigenvalue weighted by Gasteiger charge is -2.14. The molecule has 0 fully saturated rings. The number of hydrogen-bond donors (Lipinski definition) is 1. The molecule has 21 heavy (non-hydrogen) atoms. The fourth-order valence-electron chi connectivity index (χ4n) is 1.71. The quantitative estimate of drug-likeness (QED) is 0.788. The van der Waals surface area contributed by atoms with Gasteiger partial charge in [-0.2, -0.15) is 0 Å². The Labute approximate surface area is 135 Å². The van der Waals surface area contributed by atoms with Crippen LogP contribution in [-0.4, -0.2) is 26.4 Å². The number of amides is 1. The number of halogens is 1. The minimum Gasteiger partial charge on any atom is -0.483 e. The average Bonchev–Trinajstić information content (AvgIpc) is 2.80. The van der Waals surface area contributed by atoms with E-state index in [1.807, 2.05) is 38.2 Å². The first-order valence-corrected chi connectivity index (χ1v) is 7.98. The van der Waals surface area contributed by atoms with Gasteiger partial charge in [0.05, 0.1) is 5.75 Å². The number of carbonyl (C=O) groups is 1. The molecule has 0 aliphatic rings. The second-order valence-electron chi connectivity index (χ2n) is 4.37. The summed E-state index contributed by atoms with van der Waals surface area (Å²) in [5, 5.41) is 8.79. The van der Waals surface area contributed by atoms with Crippen molar-refractivity contribution in [1.82, 2.24) is 14.8 Å². The Morgan fingerprint density at radius 1 is 1.43 bits per heavy atom. The van der Waals surface area contributed by atoms with Gasteiger partial charge in [-0.1, -0.05) is 27.7 Å². The second-order valence-corrected chi connectivity index (χ2v) is 6.23. The second kappa shape index (κ2) is 6.95. The minimum atomic E-state index is -0.385. The summed E-state index contributed by atoms with van der Waals surface area (Å²) < 4.78 is 8.62. The lowest BCUT2D eigenvalue weighted by molar-refractivity contribution is -0.115. The van der Waals surface area contributed by atoms with Crippen molar-refractivity contribution in [3.63, 3.8) is 0 Å². The van der Waals surface area contributed by atoms with Crippen molar-refractivity contribution in [2.24, 2.45) is 12.8 Å². The monoisotopic (exact) mass is 370 g/mol. The Bertz CT molecular complexity index is 630. The maximum atomic E-state index is 10.8. The first-order valence-electron chi connectivity index (χ1n) is 6.20. The molecule has 1 amide bonds. The third-order valence-corrected chi connectivity index (χ3v) is 4.27. The van der Waals surface area contributed by atoms with E-state index >= 15 is 0 Å². The Morgan fingerprint density at radius 3 is 2.71 bits per heavy atom. The van der Waals surface area contributed by atoms with Crippen molar-refractivity contribution in [1.29, 1.82) is 0 Å². The molecular weight excluding hydrogens is 356 g/mol. The normalized spacial score (nSPS) is 12.1. The zero-order valence-electron chi connectivity index (χ0n) is 11.6. The van der Waals surface area contributed by atoms with Crippen LogP contribution in [0.15, 0.2) is 33.9 Å². The van der Waals surface area contributed by atoms with Crippen molar-refractivity contribution in [2.45, 2.75) is 18.2 Å². The van der Waals surface area contributed by atoms with Crippen molar-refractivity contribution in [2.75, 3.05) is 5.75 Å². The highest BCUT2D eigenvalue weighted by atomic mass is 79.9. The van der Waals surface area contributed by atoms with E-state index in [9.17, 15) is 4.79 Å². The molecule has 0 bridgehead atoms. The number of nitrogens with two attached hydrogens (primary N) is 1. The lowest BCUT2D eigenvalue weighted by Crippen LogP contribution is -2.14. The molecule has 0 spiro atoms. The van der Waals surface area contributed by atoms with Gasteiger partial charge < -0.3 is 15.0 Å². The van der Waals surface area contributed by atoms with Gasteiger partial charge in [-0.15, -0.1) is 10.2 Å². The summed E-state index contributed by atoms with van der Waals surface area (Å²) in [7, 11) is 1.83. The molecule has 2 aromatic rings. The third kappa shape index (κ3) is 4.21. The van der Waals surface area contributed by atoms with E-state index < -0.39 is 0 Å². The van der Waals surface area contributed by atoms with E-state index in [-0.39, 0.29) is 17.8 Å². The zero-order valence-corrected chi connectivity index (χ0v) is 14.0. The van der Waals surface area contributed by atoms with Gasteiger partial charge in [0.1, 0.15) is 5.75 Å². The van der Waals surface area contributed by atoms with Crippen LogP contribution in [0.5, 0.6) is 5.75 Å². The molecule has 0 saturated carbocycles. The fraction of sp³-hybridized carbons (Fsp3) is 0.308. The van der Waals surface area contributed by atoms with Gasteiger partial charge >= 0.3 is 0 Å². The molecule has 2 N–H and O–H groups in total. The first-order chi connectivity index (χ1) is 9.97. The third-order valence-electron chi connectivity index (χ3n) is 2.70. The van der Waals surface area contributed by atoms with Crippen LogP contribution in [0.4, 0.5) is 0 Å². The van der Waals surface area contributed by atoms with Gasteiger partial charge in [-0.3, -0.25) is 4.79 Å². The Hall–Kier alpha value is -1.54. The molecule has 0 radical (unpaired) electrons. The molecule has 6 nitrogen and oxygen atoms in total. The number of aromatic nitrogens is 3. The number of primary amides is 1. The predicted octanol–water partition coefficient (Wildman–Crippen LogP) is 2.29. The van der Waals surface area contributed by atoms with Gasteiger partial charge in [-0.25, -0.2) is 0 Å². The largest absolute Gasteiger partial charge is 0.483 e. The predicted molar refractivity (Wildman–Crippen MR) is 84.1 cm³/mol. The topological polar surface area (TPSA) is 83.0 Å². The van der Waals surface area contributed by atoms with E-state index in [1.165, 1.54) is 11.8 Å². The van der Waals surface area contributed by atoms with Crippen LogP contribution in [0.3, 0.4) is 0 Å². The van der Waals surface area contributed by atoms with Crippen LogP contribution < -0.4 is 10.5 Å². The van der Waals surface area contributed by atoms with E-state index in [2.05, 4.69) is 26.1 Å². The standard InChI is InChI=1S/C13H15BrN4O2S/c1-8(20-10-5-3-9(14)4-6-10)12-16-17-13(18(12)2)21-7-11(15)19/h3-6,8H,7H2,1-2H3,(H2,15,19). The van der Waals surface area contributed by atoms with E-state index in [0.717, 1.165) is 10.2 Å². The van der Waals surface area contributed by atoms with Gasteiger partial charge in [0.25, 0.3) is 0 Å². The summed E-state index contributed by atoms with van der Waals surface area (Å²) in [6.45, 7) is 1.90. The average molecular weight is 371 g/mol. The van der Waals surface area contributed by atoms with E-state index in [4.69, 9.17) is 10.5 Å². The minimum absolute atomic E-state index is 0.175. The van der Waals surface area contributed by atoms with Crippen LogP contribution in [0.2, 0.25) is 0 Å². The molecule has 8 heteroatoms. The zero-order chi connectivity index (χ0) is 15.4. The molecule has 0 aliphatic heterocycles. The summed E-state index contributed by atoms with van der Waals surface area (Å²) in [6, 6.07) is 7.57. The van der Waals surface area contributed by atoms with Gasteiger partial charge in [0, 0.05) is 11.5 Å². The lowest BCUT2D eigenvalue weighted by atomic mass is 10.3. The van der Waals surface area contributed by atoms with Gasteiger partial charge in [0.2, 0.25) is 5.91 Å². The number of nitrogens with zero attached hydrogens (tertiary/aromatic N) is 3. The molecule has 1 aromatic carbocycles. The smallest absolute Gasteiger partial charge is 0.227 e. The summed E-state index contributed by atoms with van der Waals surface area (Å²) in [5.41, 5.74) is 5.13. The Kier molecular flexibility index (Phi) is 5.24. The summed E-state index contributed by atoms with van der Waals surface area (Å²) >= 11 is 4.63.